The summed E-state index contributed by atoms with van der Waals surface area (Å²) in [5, 5.41) is 24.1. The van der Waals surface area contributed by atoms with Gasteiger partial charge in [-0.05, 0) is 110 Å². The number of hydrogen-bond acceptors (Lipinski definition) is 7. The van der Waals surface area contributed by atoms with Crippen molar-refractivity contribution in [3.8, 4) is 11.3 Å². The molecular formula is C48H49F2N7O5. The molecule has 320 valence electrons. The van der Waals surface area contributed by atoms with Gasteiger partial charge in [0.25, 0.3) is 5.91 Å². The summed E-state index contributed by atoms with van der Waals surface area (Å²) in [5.41, 5.74) is 17.4. The maximum atomic E-state index is 13.3. The van der Waals surface area contributed by atoms with E-state index in [9.17, 15) is 28.0 Å². The van der Waals surface area contributed by atoms with Crippen molar-refractivity contribution in [3.05, 3.63) is 166 Å². The molecule has 0 unspecified atom stereocenters. The number of hydrogen-bond donors (Lipinski definition) is 6. The molecule has 3 aliphatic heterocycles. The maximum Gasteiger partial charge on any atom is 0.333 e. The van der Waals surface area contributed by atoms with Gasteiger partial charge in [0.15, 0.2) is 0 Å². The molecule has 14 heteroatoms. The second-order valence-corrected chi connectivity index (χ2v) is 14.9. The van der Waals surface area contributed by atoms with Gasteiger partial charge >= 0.3 is 5.97 Å². The predicted octanol–water partition coefficient (Wildman–Crippen LogP) is 8.43. The number of nitrogens with two attached hydrogens (primary N) is 1. The van der Waals surface area contributed by atoms with Crippen LogP contribution in [0.15, 0.2) is 126 Å². The number of rotatable bonds is 7. The molecule has 5 aromatic rings. The molecule has 0 fully saturated rings. The minimum atomic E-state index is -1.08. The van der Waals surface area contributed by atoms with Crippen molar-refractivity contribution in [1.82, 2.24) is 20.8 Å². The van der Waals surface area contributed by atoms with Crippen molar-refractivity contribution in [2.45, 2.75) is 59.8 Å². The van der Waals surface area contributed by atoms with Gasteiger partial charge in [-0.3, -0.25) is 24.5 Å². The molecule has 12 nitrogen and oxygen atoms in total. The highest BCUT2D eigenvalue weighted by atomic mass is 19.1. The summed E-state index contributed by atoms with van der Waals surface area (Å²) in [7, 11) is 0. The van der Waals surface area contributed by atoms with Crippen LogP contribution in [-0.4, -0.2) is 51.3 Å². The molecule has 0 bridgehead atoms. The minimum absolute atomic E-state index is 0. The van der Waals surface area contributed by atoms with Gasteiger partial charge in [-0.15, -0.1) is 0 Å². The van der Waals surface area contributed by atoms with E-state index in [1.807, 2.05) is 58.0 Å². The summed E-state index contributed by atoms with van der Waals surface area (Å²) < 4.78 is 26.1. The van der Waals surface area contributed by atoms with Crippen LogP contribution in [0.25, 0.3) is 16.8 Å². The maximum absolute atomic E-state index is 13.3. The standard InChI is InChI=1S/C23H21FN4O2.C12H10FNO3.C12H14N2.CH4/c1-13-3-4-16(21-9-14(2)27-28-21)10-20(13)26-23(30)19-12-25-22(29)11-18(19)15-5-7-17(24)8-6-15;13-8-3-1-7(2-4-8)9-5-11(15)14-6-10(9)12(16)17;1-8-3-4-10(6-12(8)13)11-5-9(2)14-7-11;/h3-10,12,18H,11H2,1-2H3,(H,25,29)(H,26,30)(H,27,28);1-4,6,9H,5H2,(H,14,15)(H,16,17);3-6H,7,13H2,1-2H3;1H4/t18-;9-;;/m00../s1. The lowest BCUT2D eigenvalue weighted by molar-refractivity contribution is -0.133. The third-order valence-corrected chi connectivity index (χ3v) is 10.4. The summed E-state index contributed by atoms with van der Waals surface area (Å²) >= 11 is 0. The number of aryl methyl sites for hydroxylation is 3. The van der Waals surface area contributed by atoms with Crippen LogP contribution in [-0.2, 0) is 19.2 Å². The first-order valence-corrected chi connectivity index (χ1v) is 19.4. The van der Waals surface area contributed by atoms with Crippen LogP contribution >= 0.6 is 0 Å². The van der Waals surface area contributed by atoms with E-state index in [0.29, 0.717) is 22.4 Å². The molecule has 7 N–H and O–H groups in total. The van der Waals surface area contributed by atoms with E-state index >= 15 is 0 Å². The molecule has 8 rings (SSSR count). The number of aliphatic carboxylic acids is 1. The molecule has 1 aromatic heterocycles. The Balaban J connectivity index is 0.000000192. The molecule has 2 atom stereocenters. The third-order valence-electron chi connectivity index (χ3n) is 10.4. The number of anilines is 2. The molecule has 0 aliphatic carbocycles. The average Bonchev–Trinajstić information content (AvgIpc) is 3.88. The molecule has 0 radical (unpaired) electrons. The van der Waals surface area contributed by atoms with Crippen LogP contribution < -0.4 is 21.7 Å². The Bertz CT molecular complexity index is 2610. The fourth-order valence-corrected chi connectivity index (χ4v) is 6.89. The van der Waals surface area contributed by atoms with Crippen LogP contribution in [0.3, 0.4) is 0 Å². The van der Waals surface area contributed by atoms with Crippen molar-refractivity contribution < 1.29 is 33.1 Å². The number of H-pyrrole nitrogens is 1. The number of nitrogens with one attached hydrogen (secondary N) is 4. The molecule has 3 amide bonds. The van der Waals surface area contributed by atoms with E-state index in [2.05, 4.69) is 49.3 Å². The van der Waals surface area contributed by atoms with E-state index in [0.717, 1.165) is 46.0 Å². The summed E-state index contributed by atoms with van der Waals surface area (Å²) in [6.07, 6.45) is 4.93. The average molecular weight is 842 g/mol. The van der Waals surface area contributed by atoms with Gasteiger partial charge in [0.2, 0.25) is 11.8 Å². The highest BCUT2D eigenvalue weighted by Crippen LogP contribution is 2.33. The predicted molar refractivity (Wildman–Crippen MR) is 238 cm³/mol. The molecular weight excluding hydrogens is 793 g/mol. The minimum Gasteiger partial charge on any atom is -0.478 e. The molecule has 4 aromatic carbocycles. The van der Waals surface area contributed by atoms with Crippen LogP contribution in [0, 0.1) is 32.4 Å². The van der Waals surface area contributed by atoms with Crippen molar-refractivity contribution in [2.75, 3.05) is 17.6 Å². The lowest BCUT2D eigenvalue weighted by Crippen LogP contribution is -2.32. The second kappa shape index (κ2) is 20.2. The van der Waals surface area contributed by atoms with Crippen molar-refractivity contribution >= 4 is 46.4 Å². The Morgan fingerprint density at radius 3 is 1.81 bits per heavy atom. The number of benzene rings is 4. The van der Waals surface area contributed by atoms with Gasteiger partial charge in [-0.25, -0.2) is 13.6 Å². The number of aliphatic imine (C=N–C) groups is 1. The number of amides is 3. The fourth-order valence-electron chi connectivity index (χ4n) is 6.89. The zero-order valence-electron chi connectivity index (χ0n) is 34.0. The first-order chi connectivity index (χ1) is 29.1. The van der Waals surface area contributed by atoms with Crippen LogP contribution in [0.2, 0.25) is 0 Å². The number of halogens is 2. The quantitative estimate of drug-likeness (QED) is 0.0886. The van der Waals surface area contributed by atoms with Crippen LogP contribution in [0.5, 0.6) is 0 Å². The van der Waals surface area contributed by atoms with Gasteiger partial charge in [0.1, 0.15) is 11.6 Å². The van der Waals surface area contributed by atoms with E-state index in [1.54, 1.807) is 12.1 Å². The number of aromatic amines is 1. The molecule has 4 heterocycles. The normalized spacial score (nSPS) is 16.5. The zero-order valence-corrected chi connectivity index (χ0v) is 34.0. The topological polar surface area (TPSA) is 192 Å². The number of carboxylic acid groups (broad SMARTS) is 1. The van der Waals surface area contributed by atoms with E-state index < -0.39 is 23.6 Å². The van der Waals surface area contributed by atoms with Gasteiger partial charge in [0, 0.05) is 71.0 Å². The summed E-state index contributed by atoms with van der Waals surface area (Å²) in [6.45, 7) is 8.65. The second-order valence-electron chi connectivity index (χ2n) is 14.9. The Morgan fingerprint density at radius 1 is 0.742 bits per heavy atom. The van der Waals surface area contributed by atoms with Crippen LogP contribution in [0.1, 0.15) is 72.5 Å². The lowest BCUT2D eigenvalue weighted by Gasteiger charge is -2.24. The lowest BCUT2D eigenvalue weighted by atomic mass is 9.86. The van der Waals surface area contributed by atoms with Crippen molar-refractivity contribution in [1.29, 1.82) is 0 Å². The van der Waals surface area contributed by atoms with E-state index in [4.69, 9.17) is 10.8 Å². The van der Waals surface area contributed by atoms with Gasteiger partial charge in [0.05, 0.1) is 17.8 Å². The molecule has 0 saturated heterocycles. The SMILES string of the molecule is C.CC1=NCC(c2ccc(C)c(N)c2)=C1.Cc1cc(-c2ccc(C)c(NC(=O)C3=CNC(=O)C[C@H]3c3ccc(F)cc3)c2)n[nH]1.O=C1C[C@@H](c2ccc(F)cc2)C(C(=O)O)=CN1. The molecule has 3 aliphatic rings. The van der Waals surface area contributed by atoms with Gasteiger partial charge < -0.3 is 26.8 Å². The summed E-state index contributed by atoms with van der Waals surface area (Å²) in [5.74, 6) is -3.57. The highest BCUT2D eigenvalue weighted by molar-refractivity contribution is 6.07. The highest BCUT2D eigenvalue weighted by Gasteiger charge is 2.30. The smallest absolute Gasteiger partial charge is 0.333 e. The van der Waals surface area contributed by atoms with Crippen LogP contribution in [0.4, 0.5) is 20.2 Å². The van der Waals surface area contributed by atoms with Gasteiger partial charge in [-0.1, -0.05) is 56.0 Å². The fraction of sp³-hybridized carbons (Fsp3) is 0.208. The van der Waals surface area contributed by atoms with Crippen molar-refractivity contribution in [3.63, 3.8) is 0 Å². The monoisotopic (exact) mass is 841 g/mol. The molecule has 0 saturated carbocycles. The summed E-state index contributed by atoms with van der Waals surface area (Å²) in [6, 6.07) is 25.2. The Morgan fingerprint density at radius 2 is 1.29 bits per heavy atom. The Labute approximate surface area is 358 Å². The number of carbonyl (C=O) groups is 4. The van der Waals surface area contributed by atoms with E-state index in [1.165, 1.54) is 59.9 Å². The van der Waals surface area contributed by atoms with Gasteiger partial charge in [-0.2, -0.15) is 5.10 Å². The third kappa shape index (κ3) is 11.4. The number of aromatic nitrogens is 2. The summed E-state index contributed by atoms with van der Waals surface area (Å²) in [4.78, 5) is 51.6. The molecule has 62 heavy (non-hydrogen) atoms. The number of carbonyl (C=O) groups excluding carboxylic acids is 3. The molecule has 0 spiro atoms. The number of carboxylic acids is 1. The zero-order chi connectivity index (χ0) is 43.8. The first kappa shape index (κ1) is 45.6. The number of nitrogen functional groups attached to an aromatic ring is 1. The largest absolute Gasteiger partial charge is 0.478 e. The van der Waals surface area contributed by atoms with E-state index in [-0.39, 0.29) is 49.4 Å². The number of allylic oxidation sites excluding steroid dienone is 1. The Hall–Kier alpha value is -7.48. The number of nitrogens with zero attached hydrogens (tertiary/aromatic N) is 2. The van der Waals surface area contributed by atoms with Crippen molar-refractivity contribution in [2.24, 2.45) is 4.99 Å². The Kier molecular flexibility index (Phi) is 14.8. The first-order valence-electron chi connectivity index (χ1n) is 19.4.